The van der Waals surface area contributed by atoms with Gasteiger partial charge in [-0.05, 0) is 54.5 Å². The number of halogens is 2. The molecular weight excluding hydrogens is 436 g/mol. The lowest BCUT2D eigenvalue weighted by Gasteiger charge is -2.26. The van der Waals surface area contributed by atoms with E-state index < -0.39 is 17.8 Å². The molecule has 1 heterocycles. The summed E-state index contributed by atoms with van der Waals surface area (Å²) in [6.45, 7) is 1.81. The van der Waals surface area contributed by atoms with Gasteiger partial charge in [-0.3, -0.25) is 14.9 Å². The first kappa shape index (κ1) is 19.1. The summed E-state index contributed by atoms with van der Waals surface area (Å²) >= 11 is 9.45. The zero-order valence-electron chi connectivity index (χ0n) is 14.4. The molecule has 0 bridgehead atoms. The number of amides is 4. The number of hydrogen-bond donors (Lipinski definition) is 1. The number of nitrogens with one attached hydrogen (secondary N) is 1. The Morgan fingerprint density at radius 2 is 1.89 bits per heavy atom. The zero-order valence-corrected chi connectivity index (χ0v) is 16.7. The van der Waals surface area contributed by atoms with E-state index in [4.69, 9.17) is 16.3 Å². The van der Waals surface area contributed by atoms with Crippen molar-refractivity contribution in [1.82, 2.24) is 5.32 Å². The third-order valence-corrected chi connectivity index (χ3v) is 4.82. The summed E-state index contributed by atoms with van der Waals surface area (Å²) in [4.78, 5) is 38.2. The van der Waals surface area contributed by atoms with E-state index in [9.17, 15) is 14.4 Å². The highest BCUT2D eigenvalue weighted by Gasteiger charge is 2.37. The van der Waals surface area contributed by atoms with E-state index in [1.807, 2.05) is 0 Å². The molecule has 8 heteroatoms. The smallest absolute Gasteiger partial charge is 0.335 e. The molecule has 1 aliphatic heterocycles. The minimum Gasteiger partial charge on any atom is -0.497 e. The summed E-state index contributed by atoms with van der Waals surface area (Å²) in [6.07, 6.45) is 1.40. The molecule has 0 atom stereocenters. The fourth-order valence-corrected chi connectivity index (χ4v) is 3.23. The normalized spacial score (nSPS) is 15.9. The molecule has 1 fully saturated rings. The van der Waals surface area contributed by atoms with Crippen LogP contribution in [0.2, 0.25) is 5.02 Å². The fourth-order valence-electron chi connectivity index (χ4n) is 2.57. The maximum Gasteiger partial charge on any atom is 0.335 e. The van der Waals surface area contributed by atoms with Crippen molar-refractivity contribution in [2.75, 3.05) is 12.0 Å². The number of carbonyl (C=O) groups is 3. The van der Waals surface area contributed by atoms with Crippen LogP contribution in [0.4, 0.5) is 10.5 Å². The number of ether oxygens (including phenoxy) is 1. The van der Waals surface area contributed by atoms with Gasteiger partial charge in [-0.1, -0.05) is 33.6 Å². The Hall–Kier alpha value is -2.64. The Kier molecular flexibility index (Phi) is 5.34. The highest BCUT2D eigenvalue weighted by atomic mass is 79.9. The van der Waals surface area contributed by atoms with Gasteiger partial charge < -0.3 is 4.74 Å². The summed E-state index contributed by atoms with van der Waals surface area (Å²) < 4.78 is 5.90. The van der Waals surface area contributed by atoms with E-state index in [-0.39, 0.29) is 11.3 Å². The summed E-state index contributed by atoms with van der Waals surface area (Å²) in [5.74, 6) is -0.945. The van der Waals surface area contributed by atoms with Gasteiger partial charge in [0.1, 0.15) is 11.3 Å². The second-order valence-corrected chi connectivity index (χ2v) is 7.14. The number of methoxy groups -OCH3 is 1. The Morgan fingerprint density at radius 3 is 2.56 bits per heavy atom. The van der Waals surface area contributed by atoms with Crippen LogP contribution in [0.3, 0.4) is 0 Å². The SMILES string of the molecule is COc1cc(Br)cc(/C=C2\C(=O)NC(=O)N(c3ccc(C)c(Cl)c3)C2=O)c1. The number of aryl methyl sites for hydroxylation is 1. The van der Waals surface area contributed by atoms with Crippen molar-refractivity contribution in [3.8, 4) is 5.75 Å². The van der Waals surface area contributed by atoms with Crippen molar-refractivity contribution in [3.63, 3.8) is 0 Å². The number of nitrogens with zero attached hydrogens (tertiary/aromatic N) is 1. The highest BCUT2D eigenvalue weighted by molar-refractivity contribution is 9.10. The number of hydrogen-bond acceptors (Lipinski definition) is 4. The van der Waals surface area contributed by atoms with E-state index in [0.29, 0.717) is 16.3 Å². The summed E-state index contributed by atoms with van der Waals surface area (Å²) in [7, 11) is 1.51. The lowest BCUT2D eigenvalue weighted by molar-refractivity contribution is -0.122. The summed E-state index contributed by atoms with van der Waals surface area (Å²) in [5, 5.41) is 2.59. The van der Waals surface area contributed by atoms with Crippen molar-refractivity contribution in [3.05, 3.63) is 62.6 Å². The molecule has 0 aliphatic carbocycles. The first-order valence-electron chi connectivity index (χ1n) is 7.82. The van der Waals surface area contributed by atoms with E-state index in [2.05, 4.69) is 21.2 Å². The number of rotatable bonds is 3. The van der Waals surface area contributed by atoms with Crippen LogP contribution in [0.5, 0.6) is 5.75 Å². The summed E-state index contributed by atoms with van der Waals surface area (Å²) in [6, 6.07) is 9.10. The van der Waals surface area contributed by atoms with Gasteiger partial charge in [0.25, 0.3) is 11.8 Å². The second-order valence-electron chi connectivity index (χ2n) is 5.82. The van der Waals surface area contributed by atoms with E-state index in [1.165, 1.54) is 19.3 Å². The van der Waals surface area contributed by atoms with Crippen molar-refractivity contribution >= 4 is 57.1 Å². The second kappa shape index (κ2) is 7.54. The van der Waals surface area contributed by atoms with Crippen LogP contribution >= 0.6 is 27.5 Å². The zero-order chi connectivity index (χ0) is 19.7. The Bertz CT molecular complexity index is 1000. The van der Waals surface area contributed by atoms with Gasteiger partial charge in [0, 0.05) is 9.50 Å². The van der Waals surface area contributed by atoms with E-state index in [0.717, 1.165) is 14.9 Å². The van der Waals surface area contributed by atoms with E-state index in [1.54, 1.807) is 37.3 Å². The number of imide groups is 2. The van der Waals surface area contributed by atoms with Crippen molar-refractivity contribution in [2.45, 2.75) is 6.92 Å². The summed E-state index contributed by atoms with van der Waals surface area (Å²) in [5.41, 5.74) is 1.47. The minimum absolute atomic E-state index is 0.175. The van der Waals surface area contributed by atoms with Crippen LogP contribution in [-0.4, -0.2) is 25.0 Å². The van der Waals surface area contributed by atoms with Gasteiger partial charge in [-0.15, -0.1) is 0 Å². The third kappa shape index (κ3) is 3.89. The predicted octanol–water partition coefficient (Wildman–Crippen LogP) is 4.09. The molecule has 0 spiro atoms. The predicted molar refractivity (Wildman–Crippen MR) is 106 cm³/mol. The first-order valence-corrected chi connectivity index (χ1v) is 8.99. The lowest BCUT2D eigenvalue weighted by atomic mass is 10.1. The topological polar surface area (TPSA) is 75.7 Å². The largest absolute Gasteiger partial charge is 0.497 e. The van der Waals surface area contributed by atoms with Gasteiger partial charge >= 0.3 is 6.03 Å². The lowest BCUT2D eigenvalue weighted by Crippen LogP contribution is -2.54. The average molecular weight is 450 g/mol. The van der Waals surface area contributed by atoms with Crippen LogP contribution in [0.25, 0.3) is 6.08 Å². The molecular formula is C19H14BrClN2O4. The number of urea groups is 1. The van der Waals surface area contributed by atoms with Crippen LogP contribution in [0.1, 0.15) is 11.1 Å². The van der Waals surface area contributed by atoms with Gasteiger partial charge in [-0.2, -0.15) is 0 Å². The van der Waals surface area contributed by atoms with Gasteiger partial charge in [-0.25, -0.2) is 9.69 Å². The molecule has 1 saturated heterocycles. The van der Waals surface area contributed by atoms with Crippen LogP contribution in [-0.2, 0) is 9.59 Å². The van der Waals surface area contributed by atoms with Gasteiger partial charge in [0.15, 0.2) is 0 Å². The molecule has 1 N–H and O–H groups in total. The van der Waals surface area contributed by atoms with Crippen LogP contribution < -0.4 is 15.0 Å². The molecule has 0 unspecified atom stereocenters. The molecule has 0 saturated carbocycles. The van der Waals surface area contributed by atoms with Crippen molar-refractivity contribution in [1.29, 1.82) is 0 Å². The minimum atomic E-state index is -0.825. The average Bonchev–Trinajstić information content (AvgIpc) is 2.61. The number of benzene rings is 2. The molecule has 4 amide bonds. The molecule has 6 nitrogen and oxygen atoms in total. The van der Waals surface area contributed by atoms with Gasteiger partial charge in [0.2, 0.25) is 0 Å². The molecule has 2 aromatic carbocycles. The molecule has 0 aromatic heterocycles. The van der Waals surface area contributed by atoms with Crippen molar-refractivity contribution in [2.24, 2.45) is 0 Å². The quantitative estimate of drug-likeness (QED) is 0.566. The van der Waals surface area contributed by atoms with Crippen LogP contribution in [0, 0.1) is 6.92 Å². The number of anilines is 1. The Labute approximate surface area is 168 Å². The fraction of sp³-hybridized carbons (Fsp3) is 0.105. The highest BCUT2D eigenvalue weighted by Crippen LogP contribution is 2.28. The molecule has 1 aliphatic rings. The monoisotopic (exact) mass is 448 g/mol. The Morgan fingerprint density at radius 1 is 1.15 bits per heavy atom. The first-order chi connectivity index (χ1) is 12.8. The molecule has 2 aromatic rings. The third-order valence-electron chi connectivity index (χ3n) is 3.96. The van der Waals surface area contributed by atoms with Crippen molar-refractivity contribution < 1.29 is 19.1 Å². The number of carbonyl (C=O) groups excluding carboxylic acids is 3. The maximum atomic E-state index is 12.9. The van der Waals surface area contributed by atoms with Gasteiger partial charge in [0.05, 0.1) is 12.8 Å². The molecule has 0 radical (unpaired) electrons. The Balaban J connectivity index is 2.04. The molecule has 3 rings (SSSR count). The number of barbiturate groups is 1. The van der Waals surface area contributed by atoms with E-state index >= 15 is 0 Å². The maximum absolute atomic E-state index is 12.9. The van der Waals surface area contributed by atoms with Crippen LogP contribution in [0.15, 0.2) is 46.4 Å². The molecule has 138 valence electrons. The standard InChI is InChI=1S/C19H14BrClN2O4/c1-10-3-4-13(9-16(10)21)23-18(25)15(17(24)22-19(23)26)7-11-5-12(20)8-14(6-11)27-2/h3-9H,1-2H3,(H,22,24,26)/b15-7+. The molecule has 27 heavy (non-hydrogen) atoms.